The van der Waals surface area contributed by atoms with Gasteiger partial charge in [0, 0.05) is 11.8 Å². The van der Waals surface area contributed by atoms with Crippen molar-refractivity contribution in [3.63, 3.8) is 0 Å². The van der Waals surface area contributed by atoms with Gasteiger partial charge in [-0.1, -0.05) is 19.9 Å². The molecule has 1 N–H and O–H groups in total. The fraction of sp³-hybridized carbons (Fsp3) is 0.350. The van der Waals surface area contributed by atoms with Crippen molar-refractivity contribution in [1.29, 1.82) is 0 Å². The number of hydrogen-bond donors (Lipinski definition) is 1. The Morgan fingerprint density at radius 2 is 1.81 bits per heavy atom. The number of nitrogens with zero attached hydrogens (tertiary/aromatic N) is 3. The third-order valence-corrected chi connectivity index (χ3v) is 3.92. The molecule has 27 heavy (non-hydrogen) atoms. The van der Waals surface area contributed by atoms with Crippen LogP contribution >= 0.6 is 0 Å². The fourth-order valence-electron chi connectivity index (χ4n) is 2.58. The first-order valence-electron chi connectivity index (χ1n) is 9.19. The number of amides is 1. The van der Waals surface area contributed by atoms with Crippen LogP contribution in [0.1, 0.15) is 42.9 Å². The minimum absolute atomic E-state index is 0.203. The SMILES string of the molecule is CCCOc1ccc(C(=O)NCc2nnc3ccccn23)cc1OCCC. The van der Waals surface area contributed by atoms with Gasteiger partial charge in [-0.25, -0.2) is 0 Å². The van der Waals surface area contributed by atoms with E-state index >= 15 is 0 Å². The van der Waals surface area contributed by atoms with E-state index in [0.717, 1.165) is 18.5 Å². The van der Waals surface area contributed by atoms with Crippen molar-refractivity contribution in [2.24, 2.45) is 0 Å². The molecule has 0 saturated heterocycles. The Balaban J connectivity index is 1.71. The average molecular weight is 368 g/mol. The highest BCUT2D eigenvalue weighted by molar-refractivity contribution is 5.94. The molecule has 142 valence electrons. The number of ether oxygens (including phenoxy) is 2. The second-order valence-electron chi connectivity index (χ2n) is 6.09. The number of aromatic nitrogens is 3. The van der Waals surface area contributed by atoms with E-state index in [1.807, 2.05) is 42.6 Å². The molecule has 1 amide bonds. The van der Waals surface area contributed by atoms with Crippen LogP contribution in [0.15, 0.2) is 42.6 Å². The summed E-state index contributed by atoms with van der Waals surface area (Å²) in [5.41, 5.74) is 1.26. The van der Waals surface area contributed by atoms with Crippen LogP contribution < -0.4 is 14.8 Å². The normalized spacial score (nSPS) is 10.7. The molecule has 3 aromatic rings. The van der Waals surface area contributed by atoms with Gasteiger partial charge in [0.1, 0.15) is 0 Å². The topological polar surface area (TPSA) is 77.8 Å². The summed E-state index contributed by atoms with van der Waals surface area (Å²) in [5.74, 6) is 1.71. The third kappa shape index (κ3) is 4.55. The molecule has 0 fully saturated rings. The number of carbonyl (C=O) groups is 1. The largest absolute Gasteiger partial charge is 0.490 e. The second-order valence-corrected chi connectivity index (χ2v) is 6.09. The monoisotopic (exact) mass is 368 g/mol. The lowest BCUT2D eigenvalue weighted by molar-refractivity contribution is 0.0949. The molecule has 7 heteroatoms. The fourth-order valence-corrected chi connectivity index (χ4v) is 2.58. The minimum atomic E-state index is -0.203. The van der Waals surface area contributed by atoms with Crippen LogP contribution in [0.3, 0.4) is 0 Å². The molecule has 0 radical (unpaired) electrons. The number of benzene rings is 1. The molecule has 0 unspecified atom stereocenters. The van der Waals surface area contributed by atoms with Crippen molar-refractivity contribution in [3.05, 3.63) is 54.0 Å². The molecule has 3 rings (SSSR count). The summed E-state index contributed by atoms with van der Waals surface area (Å²) < 4.78 is 13.3. The van der Waals surface area contributed by atoms with Crippen LogP contribution in [-0.2, 0) is 6.54 Å². The molecule has 0 bridgehead atoms. The Morgan fingerprint density at radius 1 is 1.04 bits per heavy atom. The molecule has 7 nitrogen and oxygen atoms in total. The van der Waals surface area contributed by atoms with E-state index < -0.39 is 0 Å². The first-order chi connectivity index (χ1) is 13.2. The summed E-state index contributed by atoms with van der Waals surface area (Å²) in [4.78, 5) is 12.6. The standard InChI is InChI=1S/C20H24N4O3/c1-3-11-26-16-9-8-15(13-17(16)27-12-4-2)20(25)21-14-19-23-22-18-7-5-6-10-24(18)19/h5-10,13H,3-4,11-12,14H2,1-2H3,(H,21,25). The van der Waals surface area contributed by atoms with Crippen molar-refractivity contribution in [2.75, 3.05) is 13.2 Å². The maximum absolute atomic E-state index is 12.6. The number of rotatable bonds is 9. The molecule has 1 aromatic carbocycles. The first-order valence-corrected chi connectivity index (χ1v) is 9.19. The summed E-state index contributed by atoms with van der Waals surface area (Å²) in [6.07, 6.45) is 3.65. The summed E-state index contributed by atoms with van der Waals surface area (Å²) in [7, 11) is 0. The van der Waals surface area contributed by atoms with Gasteiger partial charge in [-0.05, 0) is 43.2 Å². The van der Waals surface area contributed by atoms with E-state index in [2.05, 4.69) is 15.5 Å². The van der Waals surface area contributed by atoms with E-state index in [9.17, 15) is 4.79 Å². The maximum atomic E-state index is 12.6. The van der Waals surface area contributed by atoms with Gasteiger partial charge in [0.05, 0.1) is 19.8 Å². The van der Waals surface area contributed by atoms with Gasteiger partial charge in [0.2, 0.25) is 0 Å². The van der Waals surface area contributed by atoms with Crippen LogP contribution in [0.5, 0.6) is 11.5 Å². The number of nitrogens with one attached hydrogen (secondary N) is 1. The van der Waals surface area contributed by atoms with Crippen molar-refractivity contribution in [1.82, 2.24) is 19.9 Å². The molecular formula is C20H24N4O3. The zero-order valence-corrected chi connectivity index (χ0v) is 15.6. The molecule has 0 aliphatic heterocycles. The minimum Gasteiger partial charge on any atom is -0.490 e. The molecule has 2 aromatic heterocycles. The molecule has 0 saturated carbocycles. The Bertz CT molecular complexity index is 907. The van der Waals surface area contributed by atoms with Crippen molar-refractivity contribution >= 4 is 11.6 Å². The Kier molecular flexibility index (Phi) is 6.25. The van der Waals surface area contributed by atoms with Crippen LogP contribution in [0.4, 0.5) is 0 Å². The van der Waals surface area contributed by atoms with E-state index in [4.69, 9.17) is 9.47 Å². The summed E-state index contributed by atoms with van der Waals surface area (Å²) in [6.45, 7) is 5.53. The highest BCUT2D eigenvalue weighted by Crippen LogP contribution is 2.29. The predicted octanol–water partition coefficient (Wildman–Crippen LogP) is 3.24. The lowest BCUT2D eigenvalue weighted by Gasteiger charge is -2.13. The zero-order valence-electron chi connectivity index (χ0n) is 15.6. The molecule has 0 spiro atoms. The number of pyridine rings is 1. The van der Waals surface area contributed by atoms with Gasteiger partial charge in [0.15, 0.2) is 23.0 Å². The van der Waals surface area contributed by atoms with Crippen LogP contribution in [-0.4, -0.2) is 33.7 Å². The summed E-state index contributed by atoms with van der Waals surface area (Å²) in [6, 6.07) is 10.9. The van der Waals surface area contributed by atoms with E-state index in [0.29, 0.717) is 36.1 Å². The van der Waals surface area contributed by atoms with Crippen LogP contribution in [0, 0.1) is 0 Å². The molecule has 0 aliphatic carbocycles. The van der Waals surface area contributed by atoms with E-state index in [-0.39, 0.29) is 12.5 Å². The molecule has 2 heterocycles. The van der Waals surface area contributed by atoms with Crippen LogP contribution in [0.25, 0.3) is 5.65 Å². The number of carbonyl (C=O) groups excluding carboxylic acids is 1. The quantitative estimate of drug-likeness (QED) is 0.627. The van der Waals surface area contributed by atoms with Gasteiger partial charge in [-0.2, -0.15) is 0 Å². The zero-order chi connectivity index (χ0) is 19.1. The van der Waals surface area contributed by atoms with Gasteiger partial charge < -0.3 is 14.8 Å². The van der Waals surface area contributed by atoms with Crippen molar-refractivity contribution < 1.29 is 14.3 Å². The molecular weight excluding hydrogens is 344 g/mol. The van der Waals surface area contributed by atoms with Crippen LogP contribution in [0.2, 0.25) is 0 Å². The Labute approximate surface area is 158 Å². The van der Waals surface area contributed by atoms with Crippen molar-refractivity contribution in [3.8, 4) is 11.5 Å². The first kappa shape index (κ1) is 18.7. The average Bonchev–Trinajstić information content (AvgIpc) is 3.12. The predicted molar refractivity (Wildman–Crippen MR) is 102 cm³/mol. The van der Waals surface area contributed by atoms with E-state index in [1.165, 1.54) is 0 Å². The molecule has 0 atom stereocenters. The highest BCUT2D eigenvalue weighted by Gasteiger charge is 2.13. The van der Waals surface area contributed by atoms with Gasteiger partial charge in [0.25, 0.3) is 5.91 Å². The third-order valence-electron chi connectivity index (χ3n) is 3.92. The lowest BCUT2D eigenvalue weighted by atomic mass is 10.2. The van der Waals surface area contributed by atoms with E-state index in [1.54, 1.807) is 18.2 Å². The van der Waals surface area contributed by atoms with Crippen molar-refractivity contribution in [2.45, 2.75) is 33.2 Å². The lowest BCUT2D eigenvalue weighted by Crippen LogP contribution is -2.24. The Hall–Kier alpha value is -3.09. The highest BCUT2D eigenvalue weighted by atomic mass is 16.5. The maximum Gasteiger partial charge on any atom is 0.251 e. The summed E-state index contributed by atoms with van der Waals surface area (Å²) >= 11 is 0. The second kappa shape index (κ2) is 9.02. The summed E-state index contributed by atoms with van der Waals surface area (Å²) in [5, 5.41) is 11.1. The number of fused-ring (bicyclic) bond motifs is 1. The number of hydrogen-bond acceptors (Lipinski definition) is 5. The van der Waals surface area contributed by atoms with Gasteiger partial charge >= 0.3 is 0 Å². The molecule has 0 aliphatic rings. The smallest absolute Gasteiger partial charge is 0.251 e. The Morgan fingerprint density at radius 3 is 2.59 bits per heavy atom. The van der Waals surface area contributed by atoms with Gasteiger partial charge in [-0.3, -0.25) is 9.20 Å². The van der Waals surface area contributed by atoms with Gasteiger partial charge in [-0.15, -0.1) is 10.2 Å².